The molecule has 0 atom stereocenters. The molecule has 3 rings (SSSR count). The van der Waals surface area contributed by atoms with Gasteiger partial charge < -0.3 is 13.9 Å². The third-order valence-corrected chi connectivity index (χ3v) is 3.25. The van der Waals surface area contributed by atoms with E-state index in [0.717, 1.165) is 6.08 Å². The molecule has 0 saturated heterocycles. The van der Waals surface area contributed by atoms with Crippen molar-refractivity contribution in [2.45, 2.75) is 0 Å². The molecule has 24 heavy (non-hydrogen) atoms. The second-order valence-electron chi connectivity index (χ2n) is 4.80. The van der Waals surface area contributed by atoms with Crippen LogP contribution >= 0.6 is 0 Å². The average molecular weight is 323 g/mol. The van der Waals surface area contributed by atoms with Gasteiger partial charge in [-0.2, -0.15) is 0 Å². The predicted molar refractivity (Wildman–Crippen MR) is 87.9 cm³/mol. The molecule has 6 nitrogen and oxygen atoms in total. The van der Waals surface area contributed by atoms with E-state index in [1.165, 1.54) is 25.6 Å². The number of rotatable bonds is 4. The van der Waals surface area contributed by atoms with E-state index in [2.05, 4.69) is 4.98 Å². The molecule has 0 radical (unpaired) electrons. The van der Waals surface area contributed by atoms with Crippen LogP contribution in [0.1, 0.15) is 5.56 Å². The zero-order valence-corrected chi connectivity index (χ0v) is 12.8. The maximum atomic E-state index is 12.4. The Hall–Kier alpha value is -3.41. The summed E-state index contributed by atoms with van der Waals surface area (Å²) in [6, 6.07) is 9.88. The Morgan fingerprint density at radius 2 is 2.12 bits per heavy atom. The first-order chi connectivity index (χ1) is 11.7. The first-order valence-corrected chi connectivity index (χ1v) is 7.08. The van der Waals surface area contributed by atoms with Crippen LogP contribution in [0.2, 0.25) is 0 Å². The molecule has 0 aliphatic rings. The molecule has 6 heteroatoms. The molecule has 2 aromatic heterocycles. The Bertz CT molecular complexity index is 960. The van der Waals surface area contributed by atoms with Crippen LogP contribution in [0.15, 0.2) is 64.1 Å². The summed E-state index contributed by atoms with van der Waals surface area (Å²) in [7, 11) is 1.53. The Balaban J connectivity index is 1.83. The van der Waals surface area contributed by atoms with Crippen LogP contribution in [0, 0.1) is 0 Å². The number of aromatic nitrogens is 1. The van der Waals surface area contributed by atoms with Crippen molar-refractivity contribution in [1.29, 1.82) is 0 Å². The minimum absolute atomic E-state index is 0.185. The fraction of sp³-hybridized carbons (Fsp3) is 0.0556. The molecular formula is C18H13NO5. The molecule has 0 unspecified atom stereocenters. The lowest BCUT2D eigenvalue weighted by molar-refractivity contribution is -0.129. The number of carbonyl (C=O) groups excluding carboxylic acids is 1. The quantitative estimate of drug-likeness (QED) is 0.542. The highest BCUT2D eigenvalue weighted by atomic mass is 16.5. The van der Waals surface area contributed by atoms with Gasteiger partial charge in [-0.3, -0.25) is 4.79 Å². The van der Waals surface area contributed by atoms with E-state index in [0.29, 0.717) is 16.7 Å². The van der Waals surface area contributed by atoms with E-state index in [-0.39, 0.29) is 16.9 Å². The van der Waals surface area contributed by atoms with Crippen LogP contribution in [0.4, 0.5) is 0 Å². The lowest BCUT2D eigenvalue weighted by Crippen LogP contribution is -2.07. The zero-order chi connectivity index (χ0) is 16.9. The van der Waals surface area contributed by atoms with E-state index in [9.17, 15) is 9.59 Å². The van der Waals surface area contributed by atoms with Gasteiger partial charge in [-0.1, -0.05) is 6.07 Å². The number of esters is 1. The molecule has 1 aromatic carbocycles. The third-order valence-electron chi connectivity index (χ3n) is 3.25. The van der Waals surface area contributed by atoms with Crippen molar-refractivity contribution in [1.82, 2.24) is 4.98 Å². The Morgan fingerprint density at radius 1 is 1.25 bits per heavy atom. The number of hydrogen-bond acceptors (Lipinski definition) is 6. The molecule has 0 spiro atoms. The second-order valence-corrected chi connectivity index (χ2v) is 4.80. The van der Waals surface area contributed by atoms with Crippen molar-refractivity contribution < 1.29 is 18.7 Å². The van der Waals surface area contributed by atoms with Crippen molar-refractivity contribution >= 4 is 23.0 Å². The molecule has 2 heterocycles. The van der Waals surface area contributed by atoms with Crippen LogP contribution in [-0.2, 0) is 4.79 Å². The maximum Gasteiger partial charge on any atom is 0.337 e. The second kappa shape index (κ2) is 6.78. The number of benzene rings is 1. The summed E-state index contributed by atoms with van der Waals surface area (Å²) in [6.45, 7) is 0. The molecule has 0 fully saturated rings. The summed E-state index contributed by atoms with van der Waals surface area (Å²) in [5, 5.41) is 0.399. The molecule has 120 valence electrons. The number of fused-ring (bicyclic) bond motifs is 1. The molecule has 0 N–H and O–H groups in total. The Kier molecular flexibility index (Phi) is 4.38. The highest BCUT2D eigenvalue weighted by Gasteiger charge is 2.07. The topological polar surface area (TPSA) is 78.6 Å². The van der Waals surface area contributed by atoms with Crippen LogP contribution in [-0.4, -0.2) is 18.1 Å². The number of methoxy groups -OCH3 is 1. The normalized spacial score (nSPS) is 10.9. The smallest absolute Gasteiger partial charge is 0.337 e. The molecule has 0 aliphatic carbocycles. The summed E-state index contributed by atoms with van der Waals surface area (Å²) >= 11 is 0. The van der Waals surface area contributed by atoms with Crippen LogP contribution in [0.3, 0.4) is 0 Å². The van der Waals surface area contributed by atoms with Gasteiger partial charge in [0.1, 0.15) is 17.6 Å². The summed E-state index contributed by atoms with van der Waals surface area (Å²) in [4.78, 5) is 28.0. The minimum Gasteiger partial charge on any atom is -0.497 e. The SMILES string of the molecule is COc1ccc2c(=O)c(/C=C/C(=O)Oc3ccccn3)coc2c1. The van der Waals surface area contributed by atoms with E-state index in [1.54, 1.807) is 36.4 Å². The lowest BCUT2D eigenvalue weighted by Gasteiger charge is -2.02. The summed E-state index contributed by atoms with van der Waals surface area (Å²) < 4.78 is 15.5. The van der Waals surface area contributed by atoms with Gasteiger partial charge in [-0.25, -0.2) is 9.78 Å². The van der Waals surface area contributed by atoms with E-state index < -0.39 is 5.97 Å². The number of pyridine rings is 1. The van der Waals surface area contributed by atoms with Gasteiger partial charge in [0.15, 0.2) is 5.43 Å². The molecular weight excluding hydrogens is 310 g/mol. The maximum absolute atomic E-state index is 12.4. The van der Waals surface area contributed by atoms with Gasteiger partial charge in [0.05, 0.1) is 18.1 Å². The predicted octanol–water partition coefficient (Wildman–Crippen LogP) is 2.82. The zero-order valence-electron chi connectivity index (χ0n) is 12.8. The lowest BCUT2D eigenvalue weighted by atomic mass is 10.1. The standard InChI is InChI=1S/C18H13NO5/c1-22-13-6-7-14-15(10-13)23-11-12(18(14)21)5-8-17(20)24-16-4-2-3-9-19-16/h2-11H,1H3/b8-5+. The Labute approximate surface area is 137 Å². The minimum atomic E-state index is -0.636. The van der Waals surface area contributed by atoms with Gasteiger partial charge in [0.25, 0.3) is 0 Å². The average Bonchev–Trinajstić information content (AvgIpc) is 2.61. The first kappa shape index (κ1) is 15.5. The third kappa shape index (κ3) is 3.33. The van der Waals surface area contributed by atoms with Crippen molar-refractivity contribution in [2.75, 3.05) is 7.11 Å². The highest BCUT2D eigenvalue weighted by molar-refractivity contribution is 5.89. The summed E-state index contributed by atoms with van der Waals surface area (Å²) in [5.74, 6) is 0.139. The van der Waals surface area contributed by atoms with Crippen molar-refractivity contribution in [3.05, 3.63) is 70.7 Å². The van der Waals surface area contributed by atoms with Gasteiger partial charge in [0.2, 0.25) is 5.88 Å². The molecule has 0 aliphatic heterocycles. The van der Waals surface area contributed by atoms with Crippen LogP contribution in [0.25, 0.3) is 17.0 Å². The first-order valence-electron chi connectivity index (χ1n) is 7.08. The van der Waals surface area contributed by atoms with Gasteiger partial charge >= 0.3 is 5.97 Å². The molecule has 0 amide bonds. The van der Waals surface area contributed by atoms with Crippen molar-refractivity contribution in [3.63, 3.8) is 0 Å². The van der Waals surface area contributed by atoms with Crippen molar-refractivity contribution in [2.24, 2.45) is 0 Å². The summed E-state index contributed by atoms with van der Waals surface area (Å²) in [6.07, 6.45) is 5.30. The number of nitrogens with zero attached hydrogens (tertiary/aromatic N) is 1. The summed E-state index contributed by atoms with van der Waals surface area (Å²) in [5.41, 5.74) is 0.402. The highest BCUT2D eigenvalue weighted by Crippen LogP contribution is 2.19. The monoisotopic (exact) mass is 323 g/mol. The Morgan fingerprint density at radius 3 is 2.88 bits per heavy atom. The molecule has 3 aromatic rings. The molecule has 0 bridgehead atoms. The largest absolute Gasteiger partial charge is 0.497 e. The van der Waals surface area contributed by atoms with Crippen LogP contribution < -0.4 is 14.9 Å². The number of ether oxygens (including phenoxy) is 2. The fourth-order valence-corrected chi connectivity index (χ4v) is 2.07. The molecule has 0 saturated carbocycles. The van der Waals surface area contributed by atoms with Gasteiger partial charge in [-0.15, -0.1) is 0 Å². The van der Waals surface area contributed by atoms with Crippen molar-refractivity contribution in [3.8, 4) is 11.6 Å². The van der Waals surface area contributed by atoms with E-state index >= 15 is 0 Å². The van der Waals surface area contributed by atoms with Gasteiger partial charge in [-0.05, 0) is 24.3 Å². The number of carbonyl (C=O) groups is 1. The fourth-order valence-electron chi connectivity index (χ4n) is 2.07. The van der Waals surface area contributed by atoms with E-state index in [1.807, 2.05) is 0 Å². The van der Waals surface area contributed by atoms with E-state index in [4.69, 9.17) is 13.9 Å². The number of hydrogen-bond donors (Lipinski definition) is 0. The van der Waals surface area contributed by atoms with Gasteiger partial charge in [0, 0.05) is 24.4 Å². The van der Waals surface area contributed by atoms with Crippen LogP contribution in [0.5, 0.6) is 11.6 Å².